The quantitative estimate of drug-likeness (QED) is 0.868. The third kappa shape index (κ3) is 5.18. The van der Waals surface area contributed by atoms with E-state index in [0.29, 0.717) is 12.3 Å². The molecular formula is C14H22FNO. The van der Waals surface area contributed by atoms with Gasteiger partial charge in [0.05, 0.1) is 6.10 Å². The number of benzene rings is 1. The van der Waals surface area contributed by atoms with Gasteiger partial charge in [-0.2, -0.15) is 0 Å². The molecule has 0 aliphatic heterocycles. The van der Waals surface area contributed by atoms with Crippen LogP contribution in [0.4, 0.5) is 4.39 Å². The molecule has 0 radical (unpaired) electrons. The molecule has 1 aromatic rings. The van der Waals surface area contributed by atoms with Crippen LogP contribution in [0, 0.1) is 5.82 Å². The first-order valence-corrected chi connectivity index (χ1v) is 5.98. The zero-order valence-corrected chi connectivity index (χ0v) is 11.3. The van der Waals surface area contributed by atoms with Crippen LogP contribution in [0.15, 0.2) is 18.2 Å². The van der Waals surface area contributed by atoms with Crippen molar-refractivity contribution in [2.45, 2.75) is 52.8 Å². The normalized spacial score (nSPS) is 11.9. The Bertz CT molecular complexity index is 369. The maximum Gasteiger partial charge on any atom is 0.165 e. The minimum Gasteiger partial charge on any atom is -0.488 e. The van der Waals surface area contributed by atoms with Gasteiger partial charge in [0.1, 0.15) is 0 Å². The molecule has 17 heavy (non-hydrogen) atoms. The fourth-order valence-corrected chi connectivity index (χ4v) is 1.37. The summed E-state index contributed by atoms with van der Waals surface area (Å²) >= 11 is 0. The average Bonchev–Trinajstić information content (AvgIpc) is 2.17. The van der Waals surface area contributed by atoms with Gasteiger partial charge in [-0.1, -0.05) is 6.07 Å². The number of nitrogens with one attached hydrogen (secondary N) is 1. The maximum atomic E-state index is 13.7. The molecule has 96 valence electrons. The van der Waals surface area contributed by atoms with Crippen molar-refractivity contribution >= 4 is 0 Å². The first kappa shape index (κ1) is 14.0. The molecule has 1 aromatic carbocycles. The summed E-state index contributed by atoms with van der Waals surface area (Å²) in [5, 5.41) is 3.32. The van der Waals surface area contributed by atoms with E-state index in [4.69, 9.17) is 4.74 Å². The predicted molar refractivity (Wildman–Crippen MR) is 68.8 cm³/mol. The van der Waals surface area contributed by atoms with Gasteiger partial charge in [0.15, 0.2) is 11.6 Å². The van der Waals surface area contributed by atoms with Gasteiger partial charge in [0.25, 0.3) is 0 Å². The Morgan fingerprint density at radius 1 is 1.29 bits per heavy atom. The Kier molecular flexibility index (Phi) is 4.52. The summed E-state index contributed by atoms with van der Waals surface area (Å²) < 4.78 is 19.0. The van der Waals surface area contributed by atoms with Gasteiger partial charge in [-0.3, -0.25) is 0 Å². The van der Waals surface area contributed by atoms with Crippen LogP contribution < -0.4 is 10.1 Å². The number of hydrogen-bond donors (Lipinski definition) is 1. The largest absolute Gasteiger partial charge is 0.488 e. The first-order valence-electron chi connectivity index (χ1n) is 5.98. The van der Waals surface area contributed by atoms with Gasteiger partial charge in [-0.15, -0.1) is 0 Å². The number of ether oxygens (including phenoxy) is 1. The highest BCUT2D eigenvalue weighted by molar-refractivity contribution is 5.29. The Morgan fingerprint density at radius 2 is 1.94 bits per heavy atom. The van der Waals surface area contributed by atoms with Gasteiger partial charge in [-0.05, 0) is 52.3 Å². The van der Waals surface area contributed by atoms with Gasteiger partial charge in [0, 0.05) is 12.1 Å². The molecule has 0 aliphatic carbocycles. The van der Waals surface area contributed by atoms with E-state index in [1.165, 1.54) is 6.07 Å². The van der Waals surface area contributed by atoms with Crippen molar-refractivity contribution in [3.8, 4) is 5.75 Å². The molecule has 0 saturated carbocycles. The van der Waals surface area contributed by atoms with E-state index >= 15 is 0 Å². The molecule has 0 fully saturated rings. The van der Waals surface area contributed by atoms with Crippen LogP contribution in [0.5, 0.6) is 5.75 Å². The van der Waals surface area contributed by atoms with Gasteiger partial charge >= 0.3 is 0 Å². The lowest BCUT2D eigenvalue weighted by molar-refractivity contribution is 0.231. The zero-order chi connectivity index (χ0) is 13.1. The van der Waals surface area contributed by atoms with Crippen molar-refractivity contribution in [2.75, 3.05) is 0 Å². The van der Waals surface area contributed by atoms with E-state index in [-0.39, 0.29) is 17.5 Å². The molecule has 0 unspecified atom stereocenters. The first-order chi connectivity index (χ1) is 7.78. The van der Waals surface area contributed by atoms with Crippen LogP contribution in [0.25, 0.3) is 0 Å². The minimum atomic E-state index is -0.299. The molecule has 0 atom stereocenters. The Hall–Kier alpha value is -1.09. The van der Waals surface area contributed by atoms with Crippen LogP contribution in [-0.4, -0.2) is 11.6 Å². The van der Waals surface area contributed by atoms with Crippen molar-refractivity contribution < 1.29 is 9.13 Å². The lowest BCUT2D eigenvalue weighted by Gasteiger charge is -2.20. The lowest BCUT2D eigenvalue weighted by atomic mass is 10.1. The molecule has 0 spiro atoms. The number of halogens is 1. The summed E-state index contributed by atoms with van der Waals surface area (Å²) in [6.45, 7) is 10.7. The minimum absolute atomic E-state index is 0.0111. The summed E-state index contributed by atoms with van der Waals surface area (Å²) in [6, 6.07) is 5.10. The van der Waals surface area contributed by atoms with Crippen LogP contribution in [0.2, 0.25) is 0 Å². The third-order valence-corrected chi connectivity index (χ3v) is 2.18. The van der Waals surface area contributed by atoms with Crippen molar-refractivity contribution in [2.24, 2.45) is 0 Å². The van der Waals surface area contributed by atoms with Gasteiger partial charge < -0.3 is 10.1 Å². The van der Waals surface area contributed by atoms with Crippen LogP contribution in [-0.2, 0) is 6.54 Å². The Morgan fingerprint density at radius 3 is 2.41 bits per heavy atom. The topological polar surface area (TPSA) is 21.3 Å². The summed E-state index contributed by atoms with van der Waals surface area (Å²) in [7, 11) is 0. The summed E-state index contributed by atoms with van der Waals surface area (Å²) in [5.41, 5.74) is 0.956. The second-order valence-electron chi connectivity index (χ2n) is 5.53. The maximum absolute atomic E-state index is 13.7. The van der Waals surface area contributed by atoms with E-state index in [9.17, 15) is 4.39 Å². The lowest BCUT2D eigenvalue weighted by Crippen LogP contribution is -2.35. The predicted octanol–water partition coefficient (Wildman–Crippen LogP) is 3.50. The van der Waals surface area contributed by atoms with Crippen LogP contribution in [0.3, 0.4) is 0 Å². The Balaban J connectivity index is 2.68. The van der Waals surface area contributed by atoms with E-state index in [2.05, 4.69) is 26.1 Å². The molecule has 0 amide bonds. The van der Waals surface area contributed by atoms with Crippen molar-refractivity contribution in [3.05, 3.63) is 29.6 Å². The highest BCUT2D eigenvalue weighted by Gasteiger charge is 2.10. The molecule has 1 N–H and O–H groups in total. The second-order valence-corrected chi connectivity index (χ2v) is 5.53. The van der Waals surface area contributed by atoms with Crippen LogP contribution >= 0.6 is 0 Å². The van der Waals surface area contributed by atoms with E-state index < -0.39 is 0 Å². The molecule has 1 rings (SSSR count). The van der Waals surface area contributed by atoms with Crippen LogP contribution in [0.1, 0.15) is 40.2 Å². The molecule has 0 aliphatic rings. The smallest absolute Gasteiger partial charge is 0.165 e. The highest BCUT2D eigenvalue weighted by atomic mass is 19.1. The number of rotatable bonds is 4. The molecule has 2 nitrogen and oxygen atoms in total. The third-order valence-electron chi connectivity index (χ3n) is 2.18. The molecule has 0 bridgehead atoms. The summed E-state index contributed by atoms with van der Waals surface area (Å²) in [5.74, 6) is 0.0198. The summed E-state index contributed by atoms with van der Waals surface area (Å²) in [6.07, 6.45) is -0.0111. The van der Waals surface area contributed by atoms with Gasteiger partial charge in [-0.25, -0.2) is 4.39 Å². The number of hydrogen-bond acceptors (Lipinski definition) is 2. The van der Waals surface area contributed by atoms with Gasteiger partial charge in [0.2, 0.25) is 0 Å². The average molecular weight is 239 g/mol. The molecule has 3 heteroatoms. The molecule has 0 heterocycles. The fraction of sp³-hybridized carbons (Fsp3) is 0.571. The highest BCUT2D eigenvalue weighted by Crippen LogP contribution is 2.19. The fourth-order valence-electron chi connectivity index (χ4n) is 1.37. The molecule has 0 saturated heterocycles. The zero-order valence-electron chi connectivity index (χ0n) is 11.3. The van der Waals surface area contributed by atoms with Crippen molar-refractivity contribution in [1.82, 2.24) is 5.32 Å². The van der Waals surface area contributed by atoms with E-state index in [0.717, 1.165) is 5.56 Å². The van der Waals surface area contributed by atoms with Crippen molar-refractivity contribution in [3.63, 3.8) is 0 Å². The second kappa shape index (κ2) is 5.50. The molecular weight excluding hydrogens is 217 g/mol. The monoisotopic (exact) mass is 239 g/mol. The Labute approximate surface area is 103 Å². The van der Waals surface area contributed by atoms with E-state index in [1.807, 2.05) is 19.9 Å². The summed E-state index contributed by atoms with van der Waals surface area (Å²) in [4.78, 5) is 0. The van der Waals surface area contributed by atoms with E-state index in [1.54, 1.807) is 6.07 Å². The SMILES string of the molecule is CC(C)Oc1ccc(CNC(C)(C)C)cc1F. The molecule has 0 aromatic heterocycles. The van der Waals surface area contributed by atoms with Crippen molar-refractivity contribution in [1.29, 1.82) is 0 Å². The standard InChI is InChI=1S/C14H22FNO/c1-10(2)17-13-7-6-11(8-12(13)15)9-16-14(3,4)5/h6-8,10,16H,9H2,1-5H3.